The van der Waals surface area contributed by atoms with Gasteiger partial charge in [0.15, 0.2) is 0 Å². The Morgan fingerprint density at radius 3 is 2.24 bits per heavy atom. The molecule has 2 aliphatic heterocycles. The fourth-order valence-corrected chi connectivity index (χ4v) is 2.46. The van der Waals surface area contributed by atoms with E-state index in [-0.39, 0.29) is 0 Å². The summed E-state index contributed by atoms with van der Waals surface area (Å²) in [4.78, 5) is 4.85. The topological polar surface area (TPSA) is 41.7 Å². The van der Waals surface area contributed by atoms with Gasteiger partial charge in [-0.15, -0.1) is 0 Å². The molecule has 0 spiro atoms. The van der Waals surface area contributed by atoms with Gasteiger partial charge in [0.1, 0.15) is 6.23 Å². The van der Waals surface area contributed by atoms with Gasteiger partial charge in [0.25, 0.3) is 0 Å². The fraction of sp³-hybridized carbons (Fsp3) is 0.538. The van der Waals surface area contributed by atoms with E-state index in [0.717, 1.165) is 38.5 Å². The lowest BCUT2D eigenvalue weighted by Gasteiger charge is -2.43. The maximum absolute atomic E-state index is 5.70. The number of nitrogen functional groups attached to an aromatic ring is 1. The van der Waals surface area contributed by atoms with Crippen molar-refractivity contribution in [1.29, 1.82) is 0 Å². The molecule has 2 heterocycles. The molecule has 0 radical (unpaired) electrons. The summed E-state index contributed by atoms with van der Waals surface area (Å²) >= 11 is 0. The highest BCUT2D eigenvalue weighted by molar-refractivity contribution is 5.53. The van der Waals surface area contributed by atoms with E-state index < -0.39 is 0 Å². The number of hydrogen-bond donors (Lipinski definition) is 1. The number of anilines is 2. The Morgan fingerprint density at radius 2 is 1.71 bits per heavy atom. The Bertz CT molecular complexity index is 367. The summed E-state index contributed by atoms with van der Waals surface area (Å²) in [6.45, 7) is 5.26. The number of nitrogens with zero attached hydrogens (tertiary/aromatic N) is 2. The van der Waals surface area contributed by atoms with E-state index in [4.69, 9.17) is 10.5 Å². The Kier molecular flexibility index (Phi) is 2.91. The second-order valence-corrected chi connectivity index (χ2v) is 4.73. The van der Waals surface area contributed by atoms with Crippen molar-refractivity contribution in [2.45, 2.75) is 12.6 Å². The maximum atomic E-state index is 5.70. The van der Waals surface area contributed by atoms with E-state index in [1.165, 1.54) is 12.1 Å². The minimum absolute atomic E-state index is 0.392. The third-order valence-electron chi connectivity index (χ3n) is 3.65. The van der Waals surface area contributed by atoms with Crippen LogP contribution in [0.4, 0.5) is 11.4 Å². The first-order valence-corrected chi connectivity index (χ1v) is 6.29. The molecular formula is C13H19N3O. The van der Waals surface area contributed by atoms with E-state index >= 15 is 0 Å². The molecule has 2 aliphatic rings. The Morgan fingerprint density at radius 1 is 1.06 bits per heavy atom. The van der Waals surface area contributed by atoms with Gasteiger partial charge in [-0.05, 0) is 24.3 Å². The highest BCUT2D eigenvalue weighted by Gasteiger charge is 2.28. The van der Waals surface area contributed by atoms with E-state index in [2.05, 4.69) is 21.9 Å². The maximum Gasteiger partial charge on any atom is 0.112 e. The number of nitrogens with two attached hydrogens (primary N) is 1. The first-order chi connectivity index (χ1) is 8.33. The van der Waals surface area contributed by atoms with Gasteiger partial charge in [0.05, 0.1) is 6.61 Å². The molecule has 1 atom stereocenters. The molecule has 92 valence electrons. The second kappa shape index (κ2) is 4.55. The van der Waals surface area contributed by atoms with Crippen molar-refractivity contribution in [2.75, 3.05) is 43.4 Å². The standard InChI is InChI=1S/C13H19N3O/c14-11-1-3-12(4-2-11)15-6-8-16(9-7-15)13-5-10-17-13/h1-4,13H,5-10,14H2. The van der Waals surface area contributed by atoms with Gasteiger partial charge < -0.3 is 15.4 Å². The first kappa shape index (κ1) is 10.9. The van der Waals surface area contributed by atoms with Crippen molar-refractivity contribution in [3.63, 3.8) is 0 Å². The van der Waals surface area contributed by atoms with Crippen LogP contribution in [0.3, 0.4) is 0 Å². The largest absolute Gasteiger partial charge is 0.399 e. The van der Waals surface area contributed by atoms with Crippen LogP contribution in [0.2, 0.25) is 0 Å². The zero-order valence-corrected chi connectivity index (χ0v) is 10.0. The summed E-state index contributed by atoms with van der Waals surface area (Å²) in [6.07, 6.45) is 1.59. The monoisotopic (exact) mass is 233 g/mol. The molecule has 1 aromatic carbocycles. The smallest absolute Gasteiger partial charge is 0.112 e. The molecular weight excluding hydrogens is 214 g/mol. The molecule has 1 aromatic rings. The molecule has 0 bridgehead atoms. The highest BCUT2D eigenvalue weighted by atomic mass is 16.5. The predicted octanol–water partition coefficient (Wildman–Crippen LogP) is 1.14. The van der Waals surface area contributed by atoms with E-state index in [1.807, 2.05) is 12.1 Å². The van der Waals surface area contributed by atoms with Crippen molar-refractivity contribution in [2.24, 2.45) is 0 Å². The average molecular weight is 233 g/mol. The number of piperazine rings is 1. The minimum Gasteiger partial charge on any atom is -0.399 e. The van der Waals surface area contributed by atoms with Gasteiger partial charge in [-0.2, -0.15) is 0 Å². The van der Waals surface area contributed by atoms with Crippen molar-refractivity contribution < 1.29 is 4.74 Å². The number of hydrogen-bond acceptors (Lipinski definition) is 4. The van der Waals surface area contributed by atoms with Crippen molar-refractivity contribution in [3.8, 4) is 0 Å². The number of ether oxygens (including phenoxy) is 1. The van der Waals surface area contributed by atoms with Crippen LogP contribution < -0.4 is 10.6 Å². The molecule has 2 saturated heterocycles. The summed E-state index contributed by atoms with van der Waals surface area (Å²) in [5.74, 6) is 0. The van der Waals surface area contributed by atoms with Gasteiger partial charge in [0, 0.05) is 44.0 Å². The van der Waals surface area contributed by atoms with Crippen LogP contribution in [0.25, 0.3) is 0 Å². The molecule has 3 rings (SSSR count). The minimum atomic E-state index is 0.392. The lowest BCUT2D eigenvalue weighted by Crippen LogP contribution is -2.54. The SMILES string of the molecule is Nc1ccc(N2CCN(C3CCO3)CC2)cc1. The molecule has 2 fully saturated rings. The van der Waals surface area contributed by atoms with Crippen LogP contribution in [-0.2, 0) is 4.74 Å². The lowest BCUT2D eigenvalue weighted by molar-refractivity contribution is -0.145. The van der Waals surface area contributed by atoms with Gasteiger partial charge in [-0.25, -0.2) is 0 Å². The van der Waals surface area contributed by atoms with Crippen molar-refractivity contribution in [3.05, 3.63) is 24.3 Å². The zero-order valence-electron chi connectivity index (χ0n) is 10.0. The van der Waals surface area contributed by atoms with Gasteiger partial charge in [-0.3, -0.25) is 4.90 Å². The van der Waals surface area contributed by atoms with Crippen LogP contribution in [0.5, 0.6) is 0 Å². The third-order valence-corrected chi connectivity index (χ3v) is 3.65. The van der Waals surface area contributed by atoms with E-state index in [0.29, 0.717) is 6.23 Å². The molecule has 0 aromatic heterocycles. The number of rotatable bonds is 2. The van der Waals surface area contributed by atoms with Gasteiger partial charge in [-0.1, -0.05) is 0 Å². The van der Waals surface area contributed by atoms with E-state index in [1.54, 1.807) is 0 Å². The fourth-order valence-electron chi connectivity index (χ4n) is 2.46. The molecule has 1 unspecified atom stereocenters. The van der Waals surface area contributed by atoms with Crippen LogP contribution in [0.1, 0.15) is 6.42 Å². The van der Waals surface area contributed by atoms with Crippen molar-refractivity contribution in [1.82, 2.24) is 4.90 Å². The molecule has 4 heteroatoms. The molecule has 0 saturated carbocycles. The Labute approximate surface area is 102 Å². The Balaban J connectivity index is 1.58. The Hall–Kier alpha value is -1.26. The molecule has 0 aliphatic carbocycles. The highest BCUT2D eigenvalue weighted by Crippen LogP contribution is 2.22. The van der Waals surface area contributed by atoms with Gasteiger partial charge in [0.2, 0.25) is 0 Å². The lowest BCUT2D eigenvalue weighted by atomic mass is 10.2. The summed E-state index contributed by atoms with van der Waals surface area (Å²) in [5.41, 5.74) is 7.80. The average Bonchev–Trinajstić information content (AvgIpc) is 2.29. The van der Waals surface area contributed by atoms with Crippen LogP contribution in [-0.4, -0.2) is 43.9 Å². The van der Waals surface area contributed by atoms with E-state index in [9.17, 15) is 0 Å². The van der Waals surface area contributed by atoms with Crippen LogP contribution >= 0.6 is 0 Å². The zero-order chi connectivity index (χ0) is 11.7. The second-order valence-electron chi connectivity index (χ2n) is 4.73. The summed E-state index contributed by atoms with van der Waals surface area (Å²) in [6, 6.07) is 8.14. The summed E-state index contributed by atoms with van der Waals surface area (Å²) in [7, 11) is 0. The summed E-state index contributed by atoms with van der Waals surface area (Å²) < 4.78 is 5.52. The quantitative estimate of drug-likeness (QED) is 0.778. The molecule has 17 heavy (non-hydrogen) atoms. The van der Waals surface area contributed by atoms with Crippen LogP contribution in [0, 0.1) is 0 Å². The predicted molar refractivity (Wildman–Crippen MR) is 69.0 cm³/mol. The number of benzene rings is 1. The molecule has 0 amide bonds. The molecule has 2 N–H and O–H groups in total. The molecule has 4 nitrogen and oxygen atoms in total. The third kappa shape index (κ3) is 2.23. The van der Waals surface area contributed by atoms with Gasteiger partial charge >= 0.3 is 0 Å². The normalized spacial score (nSPS) is 25.6. The first-order valence-electron chi connectivity index (χ1n) is 6.29. The summed E-state index contributed by atoms with van der Waals surface area (Å²) in [5, 5.41) is 0. The van der Waals surface area contributed by atoms with Crippen molar-refractivity contribution >= 4 is 11.4 Å². The van der Waals surface area contributed by atoms with Crippen LogP contribution in [0.15, 0.2) is 24.3 Å².